The van der Waals surface area contributed by atoms with Gasteiger partial charge in [0.05, 0.1) is 17.9 Å². The van der Waals surface area contributed by atoms with Crippen molar-refractivity contribution >= 4 is 23.6 Å². The van der Waals surface area contributed by atoms with Crippen LogP contribution in [0.5, 0.6) is 0 Å². The van der Waals surface area contributed by atoms with Gasteiger partial charge in [0.25, 0.3) is 0 Å². The lowest BCUT2D eigenvalue weighted by Gasteiger charge is -2.57. The summed E-state index contributed by atoms with van der Waals surface area (Å²) in [6, 6.07) is 5.63. The van der Waals surface area contributed by atoms with Crippen LogP contribution in [0.1, 0.15) is 75.7 Å². The molecule has 2 aliphatic rings. The van der Waals surface area contributed by atoms with Gasteiger partial charge in [0.1, 0.15) is 11.6 Å². The predicted octanol–water partition coefficient (Wildman–Crippen LogP) is 4.14. The van der Waals surface area contributed by atoms with Crippen molar-refractivity contribution in [3.8, 4) is 11.3 Å². The molecule has 1 amide bonds. The molecule has 1 atom stereocenters. The Bertz CT molecular complexity index is 1090. The fraction of sp³-hybridized carbons (Fsp3) is 0.571. The number of aromatic nitrogens is 2. The number of likely N-dealkylation sites (tertiary alicyclic amines) is 1. The highest BCUT2D eigenvalue weighted by atomic mass is 16.2. The topological polar surface area (TPSA) is 116 Å². The van der Waals surface area contributed by atoms with Crippen molar-refractivity contribution in [3.63, 3.8) is 0 Å². The Balaban J connectivity index is 1.42. The Labute approximate surface area is 214 Å². The molecule has 4 N–H and O–H groups in total. The molecule has 1 saturated heterocycles. The van der Waals surface area contributed by atoms with Crippen molar-refractivity contribution in [1.82, 2.24) is 20.2 Å². The Hall–Kier alpha value is -3.00. The number of nitrogen functional groups attached to an aromatic ring is 1. The minimum absolute atomic E-state index is 0.0887. The lowest BCUT2D eigenvalue weighted by atomic mass is 9.57. The molecule has 8 heteroatoms. The lowest BCUT2D eigenvalue weighted by molar-refractivity contribution is -0.143. The monoisotopic (exact) mass is 492 g/mol. The van der Waals surface area contributed by atoms with Crippen LogP contribution in [0.15, 0.2) is 29.4 Å². The van der Waals surface area contributed by atoms with Crippen molar-refractivity contribution < 1.29 is 9.59 Å². The predicted molar refractivity (Wildman–Crippen MR) is 144 cm³/mol. The molecule has 1 spiro atoms. The Morgan fingerprint density at radius 2 is 2.08 bits per heavy atom. The lowest BCUT2D eigenvalue weighted by Crippen LogP contribution is -2.62. The summed E-state index contributed by atoms with van der Waals surface area (Å²) < 4.78 is 0. The number of aliphatic imine (C=N–C) groups is 1. The number of carbonyl (C=O) groups is 2. The first-order valence-electron chi connectivity index (χ1n) is 13.2. The second-order valence-corrected chi connectivity index (χ2v) is 10.7. The van der Waals surface area contributed by atoms with E-state index in [1.807, 2.05) is 31.3 Å². The van der Waals surface area contributed by atoms with Crippen LogP contribution in [0.4, 0.5) is 5.69 Å². The zero-order chi connectivity index (χ0) is 25.7. The molecular weight excluding hydrogens is 452 g/mol. The molecule has 0 bridgehead atoms. The van der Waals surface area contributed by atoms with E-state index in [0.29, 0.717) is 29.7 Å². The van der Waals surface area contributed by atoms with Crippen LogP contribution in [0.2, 0.25) is 0 Å². The van der Waals surface area contributed by atoms with Crippen molar-refractivity contribution in [2.75, 3.05) is 32.9 Å². The van der Waals surface area contributed by atoms with Gasteiger partial charge in [0.2, 0.25) is 5.91 Å². The van der Waals surface area contributed by atoms with E-state index < -0.39 is 0 Å². The first kappa shape index (κ1) is 26.1. The van der Waals surface area contributed by atoms with Gasteiger partial charge >= 0.3 is 0 Å². The zero-order valence-electron chi connectivity index (χ0n) is 21.8. The molecule has 4 rings (SSSR count). The highest BCUT2D eigenvalue weighted by Gasteiger charge is 2.53. The third-order valence-electron chi connectivity index (χ3n) is 7.69. The number of unbranched alkanes of at least 4 members (excludes halogenated alkanes) is 2. The molecule has 0 radical (unpaired) electrons. The number of H-pyrrole nitrogens is 1. The van der Waals surface area contributed by atoms with E-state index in [0.717, 1.165) is 74.3 Å². The molecule has 1 aromatic carbocycles. The molecule has 8 nitrogen and oxygen atoms in total. The normalized spacial score (nSPS) is 18.2. The molecule has 1 saturated carbocycles. The van der Waals surface area contributed by atoms with Crippen LogP contribution in [0.25, 0.3) is 11.3 Å². The minimum atomic E-state index is -0.181. The number of ketones is 1. The number of hydrogen-bond acceptors (Lipinski definition) is 6. The number of nitrogens with one attached hydrogen (secondary N) is 2. The molecule has 36 heavy (non-hydrogen) atoms. The van der Waals surface area contributed by atoms with Crippen molar-refractivity contribution in [3.05, 3.63) is 35.8 Å². The Morgan fingerprint density at radius 1 is 1.31 bits per heavy atom. The number of nitrogens with two attached hydrogens (primary N) is 1. The summed E-state index contributed by atoms with van der Waals surface area (Å²) in [5, 5.41) is 3.29. The first-order chi connectivity index (χ1) is 17.3. The number of anilines is 1. The van der Waals surface area contributed by atoms with Crippen LogP contribution in [-0.2, 0) is 9.59 Å². The summed E-state index contributed by atoms with van der Waals surface area (Å²) in [5.74, 6) is 1.30. The molecular formula is C28H40N6O2. The summed E-state index contributed by atoms with van der Waals surface area (Å²) >= 11 is 0. The molecule has 1 aromatic heterocycles. The fourth-order valence-electron chi connectivity index (χ4n) is 5.77. The van der Waals surface area contributed by atoms with Gasteiger partial charge in [-0.3, -0.25) is 14.6 Å². The number of rotatable bonds is 12. The number of carbonyl (C=O) groups excluding carboxylic acids is 2. The molecule has 194 valence electrons. The molecule has 0 unspecified atom stereocenters. The summed E-state index contributed by atoms with van der Waals surface area (Å²) in [4.78, 5) is 39.3. The van der Waals surface area contributed by atoms with Crippen LogP contribution in [0.3, 0.4) is 0 Å². The largest absolute Gasteiger partial charge is 0.398 e. The second-order valence-electron chi connectivity index (χ2n) is 10.7. The summed E-state index contributed by atoms with van der Waals surface area (Å²) in [5.41, 5.74) is 9.81. The summed E-state index contributed by atoms with van der Waals surface area (Å²) in [6.45, 7) is 4.11. The molecule has 1 aliphatic carbocycles. The van der Waals surface area contributed by atoms with Crippen LogP contribution < -0.4 is 11.1 Å². The van der Waals surface area contributed by atoms with Gasteiger partial charge in [-0.25, -0.2) is 4.98 Å². The van der Waals surface area contributed by atoms with E-state index in [1.54, 1.807) is 13.3 Å². The Morgan fingerprint density at radius 3 is 2.78 bits per heavy atom. The molecule has 2 fully saturated rings. The maximum atomic E-state index is 13.1. The third kappa shape index (κ3) is 6.03. The SMILES string of the molecule is CCC(=O)CCCCC[C@H](NC(=O)C1CC2(C1)CN(C)C2)c1ncc(-c2ccc(N)c(C=NC)c2)[nH]1. The maximum absolute atomic E-state index is 13.1. The van der Waals surface area contributed by atoms with Gasteiger partial charge < -0.3 is 20.9 Å². The molecule has 2 heterocycles. The maximum Gasteiger partial charge on any atom is 0.223 e. The highest BCUT2D eigenvalue weighted by molar-refractivity contribution is 5.89. The number of Topliss-reactive ketones (excluding diaryl/α,β-unsaturated/α-hetero) is 1. The van der Waals surface area contributed by atoms with Crippen molar-refractivity contribution in [1.29, 1.82) is 0 Å². The quantitative estimate of drug-likeness (QED) is 0.234. The molecule has 2 aromatic rings. The van der Waals surface area contributed by atoms with Crippen LogP contribution in [-0.4, -0.2) is 60.0 Å². The summed E-state index contributed by atoms with van der Waals surface area (Å²) in [7, 11) is 3.86. The standard InChI is InChI=1S/C28H40N6O2/c1-4-22(35)8-6-5-7-9-24(33-27(36)21-13-28(14-21)17-34(3)18-28)26-31-16-25(32-26)19-10-11-23(29)20(12-19)15-30-2/h10-12,15-16,21,24H,4-9,13-14,17-18,29H2,1-3H3,(H,31,32)(H,33,36)/t24-/m0/s1. The number of nitrogens with zero attached hydrogens (tertiary/aromatic N) is 3. The number of imidazole rings is 1. The van der Waals surface area contributed by atoms with Gasteiger partial charge in [0.15, 0.2) is 0 Å². The van der Waals surface area contributed by atoms with E-state index in [-0.39, 0.29) is 17.9 Å². The third-order valence-corrected chi connectivity index (χ3v) is 7.69. The van der Waals surface area contributed by atoms with Crippen molar-refractivity contribution in [2.45, 2.75) is 64.3 Å². The van der Waals surface area contributed by atoms with Crippen molar-refractivity contribution in [2.24, 2.45) is 16.3 Å². The van der Waals surface area contributed by atoms with E-state index in [4.69, 9.17) is 5.73 Å². The van der Waals surface area contributed by atoms with E-state index in [9.17, 15) is 9.59 Å². The minimum Gasteiger partial charge on any atom is -0.398 e. The summed E-state index contributed by atoms with van der Waals surface area (Å²) in [6.07, 6.45) is 10.3. The highest BCUT2D eigenvalue weighted by Crippen LogP contribution is 2.51. The Kier molecular flexibility index (Phi) is 8.24. The van der Waals surface area contributed by atoms with E-state index in [2.05, 4.69) is 32.2 Å². The second kappa shape index (κ2) is 11.4. The first-order valence-corrected chi connectivity index (χ1v) is 13.2. The zero-order valence-corrected chi connectivity index (χ0v) is 21.8. The van der Waals surface area contributed by atoms with E-state index in [1.165, 1.54) is 0 Å². The number of aromatic amines is 1. The van der Waals surface area contributed by atoms with E-state index >= 15 is 0 Å². The molecule has 1 aliphatic heterocycles. The van der Waals surface area contributed by atoms with Gasteiger partial charge in [0, 0.05) is 61.9 Å². The van der Waals surface area contributed by atoms with Crippen LogP contribution >= 0.6 is 0 Å². The number of hydrogen-bond donors (Lipinski definition) is 3. The number of benzene rings is 1. The number of amides is 1. The van der Waals surface area contributed by atoms with Gasteiger partial charge in [-0.1, -0.05) is 25.8 Å². The van der Waals surface area contributed by atoms with Gasteiger partial charge in [-0.05, 0) is 50.3 Å². The average molecular weight is 493 g/mol. The smallest absolute Gasteiger partial charge is 0.223 e. The average Bonchev–Trinajstić information content (AvgIpc) is 3.31. The van der Waals surface area contributed by atoms with Crippen LogP contribution in [0, 0.1) is 11.3 Å². The van der Waals surface area contributed by atoms with Gasteiger partial charge in [-0.2, -0.15) is 0 Å². The fourth-order valence-corrected chi connectivity index (χ4v) is 5.77. The van der Waals surface area contributed by atoms with Gasteiger partial charge in [-0.15, -0.1) is 0 Å².